The largest absolute Gasteiger partial charge is 0.272 e. The molecule has 0 bridgehead atoms. The van der Waals surface area contributed by atoms with Gasteiger partial charge in [0.15, 0.2) is 11.0 Å². The van der Waals surface area contributed by atoms with Gasteiger partial charge in [-0.15, -0.1) is 10.2 Å². The number of amides is 1. The average molecular weight is 531 g/mol. The van der Waals surface area contributed by atoms with Gasteiger partial charge in [0.1, 0.15) is 0 Å². The van der Waals surface area contributed by atoms with Crippen molar-refractivity contribution >= 4 is 58.7 Å². The van der Waals surface area contributed by atoms with Gasteiger partial charge in [-0.1, -0.05) is 70.3 Å². The lowest BCUT2D eigenvalue weighted by Gasteiger charge is -2.10. The van der Waals surface area contributed by atoms with E-state index in [4.69, 9.17) is 34.8 Å². The molecule has 10 heteroatoms. The third kappa shape index (κ3) is 5.80. The Balaban J connectivity index is 1.52. The van der Waals surface area contributed by atoms with Gasteiger partial charge in [0, 0.05) is 21.8 Å². The highest BCUT2D eigenvalue weighted by molar-refractivity contribution is 7.99. The molecule has 34 heavy (non-hydrogen) atoms. The summed E-state index contributed by atoms with van der Waals surface area (Å²) in [6.45, 7) is 2.02. The normalized spacial score (nSPS) is 11.2. The van der Waals surface area contributed by atoms with E-state index in [2.05, 4.69) is 20.7 Å². The number of benzene rings is 3. The van der Waals surface area contributed by atoms with E-state index in [1.165, 1.54) is 18.0 Å². The molecule has 6 nitrogen and oxygen atoms in total. The number of nitrogens with one attached hydrogen (secondary N) is 1. The lowest BCUT2D eigenvalue weighted by Crippen LogP contribution is -2.20. The standard InChI is InChI=1S/C24H18Cl3N5OS/c1-15-5-11-18(12-6-15)32-23(16-7-9-17(25)10-8-16)30-31-24(32)34-14-22(33)29-28-13-19-20(26)3-2-4-21(19)27/h2-13H,14H2,1H3,(H,29,33)/b28-13+. The Morgan fingerprint density at radius 2 is 1.68 bits per heavy atom. The smallest absolute Gasteiger partial charge is 0.250 e. The third-order valence-corrected chi connectivity index (χ3v) is 6.58. The van der Waals surface area contributed by atoms with Gasteiger partial charge in [-0.05, 0) is 55.5 Å². The number of hydrogen-bond donors (Lipinski definition) is 1. The molecule has 0 aliphatic heterocycles. The molecular formula is C24H18Cl3N5OS. The van der Waals surface area contributed by atoms with Gasteiger partial charge in [0.2, 0.25) is 0 Å². The molecule has 0 radical (unpaired) electrons. The maximum Gasteiger partial charge on any atom is 0.250 e. The summed E-state index contributed by atoms with van der Waals surface area (Å²) in [4.78, 5) is 12.4. The van der Waals surface area contributed by atoms with Crippen LogP contribution in [0.3, 0.4) is 0 Å². The van der Waals surface area contributed by atoms with E-state index in [1.54, 1.807) is 30.3 Å². The number of hydrogen-bond acceptors (Lipinski definition) is 5. The zero-order valence-electron chi connectivity index (χ0n) is 17.9. The molecule has 1 aromatic heterocycles. The van der Waals surface area contributed by atoms with Crippen LogP contribution in [0.25, 0.3) is 17.1 Å². The molecule has 0 aliphatic carbocycles. The fraction of sp³-hybridized carbons (Fsp3) is 0.0833. The van der Waals surface area contributed by atoms with Crippen LogP contribution in [0.5, 0.6) is 0 Å². The van der Waals surface area contributed by atoms with Crippen molar-refractivity contribution in [2.24, 2.45) is 5.10 Å². The zero-order chi connectivity index (χ0) is 24.1. The molecule has 1 heterocycles. The molecule has 0 unspecified atom stereocenters. The summed E-state index contributed by atoms with van der Waals surface area (Å²) in [7, 11) is 0. The van der Waals surface area contributed by atoms with E-state index in [-0.39, 0.29) is 11.7 Å². The number of carbonyl (C=O) groups excluding carboxylic acids is 1. The lowest BCUT2D eigenvalue weighted by molar-refractivity contribution is -0.118. The number of hydrazone groups is 1. The van der Waals surface area contributed by atoms with Gasteiger partial charge in [-0.3, -0.25) is 9.36 Å². The quantitative estimate of drug-likeness (QED) is 0.169. The number of aromatic nitrogens is 3. The number of thioether (sulfide) groups is 1. The minimum atomic E-state index is -0.309. The van der Waals surface area contributed by atoms with Gasteiger partial charge in [-0.2, -0.15) is 5.10 Å². The van der Waals surface area contributed by atoms with E-state index < -0.39 is 0 Å². The Bertz CT molecular complexity index is 1320. The van der Waals surface area contributed by atoms with Crippen molar-refractivity contribution in [3.8, 4) is 17.1 Å². The minimum absolute atomic E-state index is 0.0816. The van der Waals surface area contributed by atoms with Crippen LogP contribution in [0.2, 0.25) is 15.1 Å². The van der Waals surface area contributed by atoms with Crippen LogP contribution in [-0.2, 0) is 4.79 Å². The predicted octanol–water partition coefficient (Wildman–Crippen LogP) is 6.45. The second-order valence-electron chi connectivity index (χ2n) is 7.20. The molecule has 1 N–H and O–H groups in total. The Morgan fingerprint density at radius 3 is 2.35 bits per heavy atom. The van der Waals surface area contributed by atoms with E-state index in [0.29, 0.717) is 31.6 Å². The van der Waals surface area contributed by atoms with Crippen molar-refractivity contribution in [3.05, 3.63) is 92.9 Å². The van der Waals surface area contributed by atoms with Crippen molar-refractivity contribution in [1.82, 2.24) is 20.2 Å². The molecule has 4 aromatic rings. The van der Waals surface area contributed by atoms with Crippen molar-refractivity contribution in [3.63, 3.8) is 0 Å². The summed E-state index contributed by atoms with van der Waals surface area (Å²) >= 11 is 19.5. The van der Waals surface area contributed by atoms with Crippen LogP contribution in [0, 0.1) is 6.92 Å². The highest BCUT2D eigenvalue weighted by Gasteiger charge is 2.17. The van der Waals surface area contributed by atoms with E-state index in [9.17, 15) is 4.79 Å². The van der Waals surface area contributed by atoms with Crippen LogP contribution >= 0.6 is 46.6 Å². The summed E-state index contributed by atoms with van der Waals surface area (Å²) in [5.41, 5.74) is 5.90. The molecule has 0 saturated carbocycles. The summed E-state index contributed by atoms with van der Waals surface area (Å²) in [5.74, 6) is 0.420. The van der Waals surface area contributed by atoms with Crippen LogP contribution < -0.4 is 5.43 Å². The Labute approximate surface area is 215 Å². The number of carbonyl (C=O) groups is 1. The molecule has 0 atom stereocenters. The average Bonchev–Trinajstić information content (AvgIpc) is 3.24. The molecule has 3 aromatic carbocycles. The number of halogens is 3. The van der Waals surface area contributed by atoms with Crippen molar-refractivity contribution in [1.29, 1.82) is 0 Å². The van der Waals surface area contributed by atoms with Crippen LogP contribution in [-0.4, -0.2) is 32.6 Å². The molecule has 172 valence electrons. The van der Waals surface area contributed by atoms with Crippen molar-refractivity contribution in [2.75, 3.05) is 5.75 Å². The first kappa shape index (κ1) is 24.3. The van der Waals surface area contributed by atoms with Crippen molar-refractivity contribution in [2.45, 2.75) is 12.1 Å². The minimum Gasteiger partial charge on any atom is -0.272 e. The molecule has 0 saturated heterocycles. The van der Waals surface area contributed by atoms with Gasteiger partial charge in [-0.25, -0.2) is 5.43 Å². The molecule has 1 amide bonds. The van der Waals surface area contributed by atoms with Crippen LogP contribution in [0.1, 0.15) is 11.1 Å². The highest BCUT2D eigenvalue weighted by Crippen LogP contribution is 2.29. The zero-order valence-corrected chi connectivity index (χ0v) is 21.0. The monoisotopic (exact) mass is 529 g/mol. The highest BCUT2D eigenvalue weighted by atomic mass is 35.5. The lowest BCUT2D eigenvalue weighted by atomic mass is 10.2. The van der Waals surface area contributed by atoms with E-state index >= 15 is 0 Å². The molecule has 4 rings (SSSR count). The number of aryl methyl sites for hydroxylation is 1. The number of rotatable bonds is 7. The Morgan fingerprint density at radius 1 is 1.00 bits per heavy atom. The Hall–Kier alpha value is -2.84. The summed E-state index contributed by atoms with van der Waals surface area (Å²) in [6, 6.07) is 20.5. The van der Waals surface area contributed by atoms with E-state index in [1.807, 2.05) is 47.9 Å². The first-order valence-electron chi connectivity index (χ1n) is 10.1. The summed E-state index contributed by atoms with van der Waals surface area (Å²) in [6.07, 6.45) is 1.42. The van der Waals surface area contributed by atoms with Gasteiger partial charge < -0.3 is 0 Å². The van der Waals surface area contributed by atoms with Gasteiger partial charge >= 0.3 is 0 Å². The van der Waals surface area contributed by atoms with Crippen LogP contribution in [0.4, 0.5) is 0 Å². The molecule has 0 spiro atoms. The van der Waals surface area contributed by atoms with E-state index in [0.717, 1.165) is 16.8 Å². The van der Waals surface area contributed by atoms with Crippen molar-refractivity contribution < 1.29 is 4.79 Å². The van der Waals surface area contributed by atoms with Gasteiger partial charge in [0.25, 0.3) is 5.91 Å². The maximum absolute atomic E-state index is 12.4. The first-order valence-corrected chi connectivity index (χ1v) is 12.2. The first-order chi connectivity index (χ1) is 16.4. The molecule has 0 aliphatic rings. The van der Waals surface area contributed by atoms with Gasteiger partial charge in [0.05, 0.1) is 22.0 Å². The topological polar surface area (TPSA) is 72.2 Å². The van der Waals surface area contributed by atoms with Crippen LogP contribution in [0.15, 0.2) is 77.0 Å². The molecular weight excluding hydrogens is 513 g/mol. The maximum atomic E-state index is 12.4. The summed E-state index contributed by atoms with van der Waals surface area (Å²) < 4.78 is 1.91. The second kappa shape index (κ2) is 11.1. The SMILES string of the molecule is Cc1ccc(-n2c(SCC(=O)N/N=C/c3c(Cl)cccc3Cl)nnc2-c2ccc(Cl)cc2)cc1. The fourth-order valence-corrected chi connectivity index (χ4v) is 4.41. The fourth-order valence-electron chi connectivity index (χ4n) is 3.04. The third-order valence-electron chi connectivity index (χ3n) is 4.74. The Kier molecular flexibility index (Phi) is 7.90. The summed E-state index contributed by atoms with van der Waals surface area (Å²) in [5, 5.41) is 14.8. The molecule has 0 fully saturated rings. The predicted molar refractivity (Wildman–Crippen MR) is 139 cm³/mol. The number of nitrogens with zero attached hydrogens (tertiary/aromatic N) is 4. The second-order valence-corrected chi connectivity index (χ2v) is 9.39.